The van der Waals surface area contributed by atoms with Crippen LogP contribution in [-0.2, 0) is 12.6 Å². The largest absolute Gasteiger partial charge is 0.478 e. The van der Waals surface area contributed by atoms with Gasteiger partial charge in [-0.15, -0.1) is 0 Å². The van der Waals surface area contributed by atoms with Crippen LogP contribution < -0.4 is 4.74 Å². The number of ether oxygens (including phenoxy) is 1. The molecular weight excluding hydrogens is 248 g/mol. The molecule has 0 radical (unpaired) electrons. The molecule has 3 aromatic rings. The average molecular weight is 270 g/mol. The van der Waals surface area contributed by atoms with Gasteiger partial charge >= 0.3 is 0 Å². The molecule has 20 heavy (non-hydrogen) atoms. The summed E-state index contributed by atoms with van der Waals surface area (Å²) in [6.07, 6.45) is 2.22. The van der Waals surface area contributed by atoms with E-state index in [-0.39, 0.29) is 5.54 Å². The molecule has 106 valence electrons. The quantitative estimate of drug-likeness (QED) is 0.680. The van der Waals surface area contributed by atoms with E-state index in [1.165, 1.54) is 21.8 Å². The maximum absolute atomic E-state index is 5.97. The Hall–Kier alpha value is -1.90. The fourth-order valence-electron chi connectivity index (χ4n) is 2.89. The van der Waals surface area contributed by atoms with E-state index in [1.807, 2.05) is 6.92 Å². The lowest BCUT2D eigenvalue weighted by Gasteiger charge is -2.24. The second-order valence-corrected chi connectivity index (χ2v) is 6.25. The first-order chi connectivity index (χ1) is 9.45. The first-order valence-electron chi connectivity index (χ1n) is 7.17. The molecule has 0 bridgehead atoms. The minimum Gasteiger partial charge on any atom is -0.478 e. The van der Waals surface area contributed by atoms with Crippen LogP contribution in [0.3, 0.4) is 0 Å². The highest BCUT2D eigenvalue weighted by molar-refractivity contribution is 6.10. The molecule has 0 saturated carbocycles. The predicted molar refractivity (Wildman–Crippen MR) is 84.6 cm³/mol. The Morgan fingerprint density at radius 2 is 1.80 bits per heavy atom. The van der Waals surface area contributed by atoms with E-state index < -0.39 is 0 Å². The molecule has 0 amide bonds. The summed E-state index contributed by atoms with van der Waals surface area (Å²) < 4.78 is 10.4. The number of hydrogen-bond donors (Lipinski definition) is 0. The van der Waals surface area contributed by atoms with Crippen molar-refractivity contribution in [1.29, 1.82) is 0 Å². The van der Waals surface area contributed by atoms with Crippen molar-refractivity contribution >= 4 is 21.8 Å². The van der Waals surface area contributed by atoms with E-state index in [2.05, 4.69) is 67.4 Å². The van der Waals surface area contributed by atoms with Gasteiger partial charge in [0.25, 0.3) is 0 Å². The van der Waals surface area contributed by atoms with Crippen LogP contribution in [0.1, 0.15) is 27.7 Å². The summed E-state index contributed by atoms with van der Waals surface area (Å²) in [6, 6.07) is 8.52. The summed E-state index contributed by atoms with van der Waals surface area (Å²) >= 11 is 0. The van der Waals surface area contributed by atoms with Crippen molar-refractivity contribution in [3.63, 3.8) is 0 Å². The number of para-hydroxylation sites is 1. The second kappa shape index (κ2) is 4.30. The van der Waals surface area contributed by atoms with Crippen LogP contribution in [0, 0.1) is 0 Å². The van der Waals surface area contributed by atoms with Gasteiger partial charge in [0.05, 0.1) is 6.61 Å². The maximum Gasteiger partial charge on any atom is 0.219 e. The molecule has 0 N–H and O–H groups in total. The summed E-state index contributed by atoms with van der Waals surface area (Å²) in [4.78, 5) is 0. The van der Waals surface area contributed by atoms with Crippen LogP contribution >= 0.6 is 0 Å². The highest BCUT2D eigenvalue weighted by Gasteiger charge is 2.24. The number of fused-ring (bicyclic) bond motifs is 3. The Labute approximate surface area is 119 Å². The van der Waals surface area contributed by atoms with Gasteiger partial charge in [0.15, 0.2) is 0 Å². The van der Waals surface area contributed by atoms with Crippen LogP contribution in [0.5, 0.6) is 5.88 Å². The Kier molecular flexibility index (Phi) is 2.82. The van der Waals surface area contributed by atoms with Crippen molar-refractivity contribution < 1.29 is 4.74 Å². The molecule has 2 heterocycles. The number of aromatic nitrogens is 2. The van der Waals surface area contributed by atoms with Crippen molar-refractivity contribution in [3.8, 4) is 5.88 Å². The number of hydrogen-bond acceptors (Lipinski definition) is 1. The van der Waals surface area contributed by atoms with Crippen LogP contribution in [-0.4, -0.2) is 15.7 Å². The number of benzene rings is 1. The van der Waals surface area contributed by atoms with Gasteiger partial charge < -0.3 is 13.9 Å². The van der Waals surface area contributed by atoms with E-state index in [1.54, 1.807) is 0 Å². The molecule has 0 aliphatic carbocycles. The third-order valence-corrected chi connectivity index (χ3v) is 3.83. The molecule has 0 unspecified atom stereocenters. The monoisotopic (exact) mass is 270 g/mol. The van der Waals surface area contributed by atoms with Crippen molar-refractivity contribution in [2.24, 2.45) is 7.05 Å². The lowest BCUT2D eigenvalue weighted by Crippen LogP contribution is -2.22. The Morgan fingerprint density at radius 1 is 1.10 bits per heavy atom. The Bertz CT molecular complexity index is 772. The molecular formula is C17H22N2O. The highest BCUT2D eigenvalue weighted by atomic mass is 16.5. The van der Waals surface area contributed by atoms with Gasteiger partial charge in [0, 0.05) is 35.1 Å². The summed E-state index contributed by atoms with van der Waals surface area (Å²) in [6.45, 7) is 9.33. The normalized spacial score (nSPS) is 12.4. The fraction of sp³-hybridized carbons (Fsp3) is 0.412. The maximum atomic E-state index is 5.97. The standard InChI is InChI=1S/C17H22N2O/c1-6-20-16-15-13(11-19(16)17(2,3)4)12-9-7-8-10-14(12)18(15)5/h7-11H,6H2,1-5H3. The Balaban J connectivity index is 2.45. The van der Waals surface area contributed by atoms with Gasteiger partial charge in [-0.1, -0.05) is 18.2 Å². The van der Waals surface area contributed by atoms with Crippen molar-refractivity contribution in [1.82, 2.24) is 9.13 Å². The van der Waals surface area contributed by atoms with E-state index >= 15 is 0 Å². The zero-order valence-corrected chi connectivity index (χ0v) is 12.9. The van der Waals surface area contributed by atoms with E-state index in [0.29, 0.717) is 6.61 Å². The molecule has 3 heteroatoms. The van der Waals surface area contributed by atoms with Gasteiger partial charge in [0.2, 0.25) is 5.88 Å². The predicted octanol–water partition coefficient (Wildman–Crippen LogP) is 4.29. The number of aryl methyl sites for hydroxylation is 1. The molecule has 0 aliphatic heterocycles. The smallest absolute Gasteiger partial charge is 0.219 e. The number of rotatable bonds is 2. The first kappa shape index (κ1) is 13.1. The third kappa shape index (κ3) is 1.73. The number of nitrogens with zero attached hydrogens (tertiary/aromatic N) is 2. The van der Waals surface area contributed by atoms with Gasteiger partial charge in [-0.2, -0.15) is 0 Å². The topological polar surface area (TPSA) is 19.1 Å². The van der Waals surface area contributed by atoms with Crippen LogP contribution in [0.25, 0.3) is 21.8 Å². The summed E-state index contributed by atoms with van der Waals surface area (Å²) in [5, 5.41) is 2.55. The third-order valence-electron chi connectivity index (χ3n) is 3.83. The summed E-state index contributed by atoms with van der Waals surface area (Å²) in [5.41, 5.74) is 2.44. The van der Waals surface area contributed by atoms with Gasteiger partial charge in [-0.25, -0.2) is 0 Å². The lowest BCUT2D eigenvalue weighted by atomic mass is 10.1. The van der Waals surface area contributed by atoms with Crippen molar-refractivity contribution in [2.75, 3.05) is 6.61 Å². The minimum atomic E-state index is 0.00459. The van der Waals surface area contributed by atoms with Gasteiger partial charge in [0.1, 0.15) is 5.52 Å². The van der Waals surface area contributed by atoms with E-state index in [4.69, 9.17) is 4.74 Å². The van der Waals surface area contributed by atoms with Crippen molar-refractivity contribution in [2.45, 2.75) is 33.2 Å². The zero-order chi connectivity index (χ0) is 14.5. The first-order valence-corrected chi connectivity index (χ1v) is 7.17. The highest BCUT2D eigenvalue weighted by Crippen LogP contribution is 2.38. The molecule has 0 fully saturated rings. The zero-order valence-electron chi connectivity index (χ0n) is 12.9. The molecule has 0 spiro atoms. The SMILES string of the molecule is CCOc1c2c(cn1C(C)(C)C)c1ccccc1n2C. The Morgan fingerprint density at radius 3 is 2.45 bits per heavy atom. The summed E-state index contributed by atoms with van der Waals surface area (Å²) in [5.74, 6) is 0.966. The van der Waals surface area contributed by atoms with Crippen molar-refractivity contribution in [3.05, 3.63) is 30.5 Å². The lowest BCUT2D eigenvalue weighted by molar-refractivity contribution is 0.274. The van der Waals surface area contributed by atoms with E-state index in [9.17, 15) is 0 Å². The molecule has 0 saturated heterocycles. The molecule has 3 rings (SSSR count). The molecule has 1 aromatic carbocycles. The molecule has 3 nitrogen and oxygen atoms in total. The van der Waals surface area contributed by atoms with Crippen LogP contribution in [0.2, 0.25) is 0 Å². The fourth-order valence-corrected chi connectivity index (χ4v) is 2.89. The van der Waals surface area contributed by atoms with Gasteiger partial charge in [-0.3, -0.25) is 0 Å². The molecule has 0 aliphatic rings. The minimum absolute atomic E-state index is 0.00459. The second-order valence-electron chi connectivity index (χ2n) is 6.25. The summed E-state index contributed by atoms with van der Waals surface area (Å²) in [7, 11) is 2.11. The average Bonchev–Trinajstić information content (AvgIpc) is 2.89. The van der Waals surface area contributed by atoms with E-state index in [0.717, 1.165) is 5.88 Å². The van der Waals surface area contributed by atoms with Gasteiger partial charge in [-0.05, 0) is 33.8 Å². The molecule has 2 aromatic heterocycles. The van der Waals surface area contributed by atoms with Crippen LogP contribution in [0.4, 0.5) is 0 Å². The van der Waals surface area contributed by atoms with Crippen LogP contribution in [0.15, 0.2) is 30.5 Å². The molecule has 0 atom stereocenters.